The van der Waals surface area contributed by atoms with Gasteiger partial charge < -0.3 is 29.5 Å². The zero-order chi connectivity index (χ0) is 29.4. The number of rotatable bonds is 11. The lowest BCUT2D eigenvalue weighted by Gasteiger charge is -2.44. The van der Waals surface area contributed by atoms with Crippen LogP contribution in [-0.2, 0) is 30.4 Å². The lowest BCUT2D eigenvalue weighted by atomic mass is 9.83. The molecule has 0 radical (unpaired) electrons. The molecule has 2 N–H and O–H groups in total. The number of esters is 1. The Morgan fingerprint density at radius 1 is 1.02 bits per heavy atom. The van der Waals surface area contributed by atoms with Crippen molar-refractivity contribution in [2.45, 2.75) is 51.0 Å². The summed E-state index contributed by atoms with van der Waals surface area (Å²) in [5.41, 5.74) is 4.17. The number of ether oxygens (including phenoxy) is 3. The highest BCUT2D eigenvalue weighted by Crippen LogP contribution is 2.47. The van der Waals surface area contributed by atoms with E-state index >= 15 is 0 Å². The van der Waals surface area contributed by atoms with Crippen LogP contribution in [0.1, 0.15) is 54.4 Å². The monoisotopic (exact) mass is 558 g/mol. The van der Waals surface area contributed by atoms with Gasteiger partial charge in [0.05, 0.1) is 18.8 Å². The van der Waals surface area contributed by atoms with Gasteiger partial charge in [-0.3, -0.25) is 9.59 Å². The van der Waals surface area contributed by atoms with E-state index in [9.17, 15) is 14.7 Å². The first-order valence-corrected chi connectivity index (χ1v) is 13.7. The Morgan fingerprint density at radius 3 is 2.39 bits per heavy atom. The maximum Gasteiger partial charge on any atom is 0.303 e. The number of hydrogen-bond acceptors (Lipinski definition) is 7. The Bertz CT molecular complexity index is 1310. The van der Waals surface area contributed by atoms with E-state index in [0.717, 1.165) is 22.3 Å². The van der Waals surface area contributed by atoms with Gasteiger partial charge in [-0.1, -0.05) is 72.8 Å². The van der Waals surface area contributed by atoms with Crippen molar-refractivity contribution in [2.24, 2.45) is 0 Å². The quantitative estimate of drug-likeness (QED) is 0.249. The zero-order valence-corrected chi connectivity index (χ0v) is 23.7. The van der Waals surface area contributed by atoms with Crippen LogP contribution in [0.3, 0.4) is 0 Å². The number of nitrogens with zero attached hydrogens (tertiary/aromatic N) is 1. The molecule has 216 valence electrons. The molecule has 5 atom stereocenters. The molecule has 1 saturated heterocycles. The number of benzene rings is 3. The second-order valence-corrected chi connectivity index (χ2v) is 10.3. The van der Waals surface area contributed by atoms with Crippen LogP contribution in [0.5, 0.6) is 0 Å². The molecule has 0 bridgehead atoms. The van der Waals surface area contributed by atoms with Gasteiger partial charge in [-0.2, -0.15) is 0 Å². The fourth-order valence-corrected chi connectivity index (χ4v) is 5.08. The Kier molecular flexibility index (Phi) is 10.4. The number of hydrogen-bond donors (Lipinski definition) is 2. The summed E-state index contributed by atoms with van der Waals surface area (Å²) in [6, 6.07) is 25.3. The summed E-state index contributed by atoms with van der Waals surface area (Å²) in [7, 11) is 2.03. The van der Waals surface area contributed by atoms with Crippen molar-refractivity contribution in [3.63, 3.8) is 0 Å². The zero-order valence-electron chi connectivity index (χ0n) is 23.7. The van der Waals surface area contributed by atoms with Crippen LogP contribution in [0.4, 0.5) is 5.69 Å². The van der Waals surface area contributed by atoms with Gasteiger partial charge in [0.25, 0.3) is 5.91 Å². The summed E-state index contributed by atoms with van der Waals surface area (Å²) >= 11 is 0. The summed E-state index contributed by atoms with van der Waals surface area (Å²) in [4.78, 5) is 26.0. The van der Waals surface area contributed by atoms with Gasteiger partial charge in [0, 0.05) is 37.2 Å². The van der Waals surface area contributed by atoms with Gasteiger partial charge in [-0.15, -0.1) is 6.58 Å². The molecule has 5 unspecified atom stereocenters. The maximum atomic E-state index is 12.6. The normalized spacial score (nSPS) is 21.2. The molecule has 0 saturated carbocycles. The lowest BCUT2D eigenvalue weighted by molar-refractivity contribution is -0.263. The highest BCUT2D eigenvalue weighted by Gasteiger charge is 2.42. The molecule has 0 spiro atoms. The molecule has 1 aliphatic rings. The van der Waals surface area contributed by atoms with Crippen molar-refractivity contribution < 1.29 is 28.9 Å². The average Bonchev–Trinajstić information content (AvgIpc) is 2.97. The number of carbonyl (C=O) groups is 2. The molecule has 41 heavy (non-hydrogen) atoms. The van der Waals surface area contributed by atoms with Crippen molar-refractivity contribution in [3.05, 3.63) is 114 Å². The molecule has 0 aliphatic carbocycles. The third kappa shape index (κ3) is 7.89. The standard InChI is InChI=1S/C33H38N2O6/c1-5-18-35(4)20-29-30(25-10-7-6-8-11-25)31(26-16-14-24(21-36)15-17-26)41-33(40-29)27-12-9-13-28(19-27)34-32(38)22(2)39-23(3)37/h5-17,19,22,29-31,33,36H,1,18,20-21H2,2-4H3,(H,34,38). The van der Waals surface area contributed by atoms with E-state index in [1.165, 1.54) is 13.8 Å². The molecule has 8 heteroatoms. The number of likely N-dealkylation sites (N-methyl/N-ethyl adjacent to an activating group) is 1. The van der Waals surface area contributed by atoms with Crippen LogP contribution >= 0.6 is 0 Å². The van der Waals surface area contributed by atoms with E-state index in [0.29, 0.717) is 18.8 Å². The highest BCUT2D eigenvalue weighted by atomic mass is 16.7. The van der Waals surface area contributed by atoms with Crippen LogP contribution in [0.25, 0.3) is 0 Å². The summed E-state index contributed by atoms with van der Waals surface area (Å²) in [6.45, 7) is 7.96. The second-order valence-electron chi connectivity index (χ2n) is 10.3. The minimum absolute atomic E-state index is 0.0385. The summed E-state index contributed by atoms with van der Waals surface area (Å²) in [6.07, 6.45) is -0.384. The van der Waals surface area contributed by atoms with Crippen molar-refractivity contribution in [1.29, 1.82) is 0 Å². The van der Waals surface area contributed by atoms with E-state index < -0.39 is 24.3 Å². The van der Waals surface area contributed by atoms with E-state index in [2.05, 4.69) is 28.9 Å². The minimum Gasteiger partial charge on any atom is -0.453 e. The van der Waals surface area contributed by atoms with Crippen molar-refractivity contribution in [2.75, 3.05) is 25.5 Å². The molecule has 8 nitrogen and oxygen atoms in total. The molecule has 1 aliphatic heterocycles. The first kappa shape index (κ1) is 30.1. The Morgan fingerprint density at radius 2 is 1.73 bits per heavy atom. The largest absolute Gasteiger partial charge is 0.453 e. The van der Waals surface area contributed by atoms with Gasteiger partial charge in [-0.05, 0) is 42.8 Å². The number of carbonyl (C=O) groups excluding carboxylic acids is 2. The first-order valence-electron chi connectivity index (χ1n) is 13.7. The van der Waals surface area contributed by atoms with Crippen molar-refractivity contribution in [1.82, 2.24) is 4.90 Å². The lowest BCUT2D eigenvalue weighted by Crippen LogP contribution is -2.43. The molecule has 0 aromatic heterocycles. The Hall–Kier alpha value is -3.82. The number of aliphatic hydroxyl groups is 1. The second kappa shape index (κ2) is 14.2. The van der Waals surface area contributed by atoms with Gasteiger partial charge in [0.15, 0.2) is 12.4 Å². The molecule has 3 aromatic rings. The van der Waals surface area contributed by atoms with E-state index in [1.807, 2.05) is 73.8 Å². The predicted molar refractivity (Wildman–Crippen MR) is 157 cm³/mol. The topological polar surface area (TPSA) is 97.3 Å². The van der Waals surface area contributed by atoms with Gasteiger partial charge in [-0.25, -0.2) is 0 Å². The van der Waals surface area contributed by atoms with Crippen LogP contribution < -0.4 is 5.32 Å². The molecular formula is C33H38N2O6. The first-order chi connectivity index (χ1) is 19.8. The third-order valence-electron chi connectivity index (χ3n) is 7.04. The van der Waals surface area contributed by atoms with Gasteiger partial charge in [0.2, 0.25) is 0 Å². The van der Waals surface area contributed by atoms with E-state index in [-0.39, 0.29) is 24.7 Å². The molecular weight excluding hydrogens is 520 g/mol. The molecule has 3 aromatic carbocycles. The number of nitrogens with one attached hydrogen (secondary N) is 1. The Labute approximate surface area is 241 Å². The maximum absolute atomic E-state index is 12.6. The van der Waals surface area contributed by atoms with E-state index in [1.54, 1.807) is 6.07 Å². The fraction of sp³-hybridized carbons (Fsp3) is 0.333. The van der Waals surface area contributed by atoms with Crippen LogP contribution in [0.15, 0.2) is 91.5 Å². The molecule has 1 fully saturated rings. The SMILES string of the molecule is C=CCN(C)CC1OC(c2cccc(NC(=O)C(C)OC(C)=O)c2)OC(c2ccc(CO)cc2)C1c1ccccc1. The van der Waals surface area contributed by atoms with Crippen LogP contribution in [0.2, 0.25) is 0 Å². The summed E-state index contributed by atoms with van der Waals surface area (Å²) in [5, 5.41) is 12.4. The highest BCUT2D eigenvalue weighted by molar-refractivity contribution is 5.95. The number of anilines is 1. The van der Waals surface area contributed by atoms with Crippen LogP contribution in [-0.4, -0.2) is 54.2 Å². The summed E-state index contributed by atoms with van der Waals surface area (Å²) < 4.78 is 18.4. The molecule has 4 rings (SSSR count). The predicted octanol–water partition coefficient (Wildman–Crippen LogP) is 5.13. The average molecular weight is 559 g/mol. The van der Waals surface area contributed by atoms with Crippen molar-refractivity contribution in [3.8, 4) is 0 Å². The van der Waals surface area contributed by atoms with Crippen LogP contribution in [0, 0.1) is 0 Å². The molecule has 1 amide bonds. The third-order valence-corrected chi connectivity index (χ3v) is 7.04. The van der Waals surface area contributed by atoms with Crippen molar-refractivity contribution >= 4 is 17.6 Å². The fourth-order valence-electron chi connectivity index (χ4n) is 5.08. The minimum atomic E-state index is -0.930. The summed E-state index contributed by atoms with van der Waals surface area (Å²) in [5.74, 6) is -1.08. The molecule has 1 heterocycles. The smallest absolute Gasteiger partial charge is 0.303 e. The van der Waals surface area contributed by atoms with Gasteiger partial charge in [0.1, 0.15) is 0 Å². The van der Waals surface area contributed by atoms with E-state index in [4.69, 9.17) is 14.2 Å². The number of amides is 1. The number of aliphatic hydroxyl groups excluding tert-OH is 1. The Balaban J connectivity index is 1.69. The van der Waals surface area contributed by atoms with Gasteiger partial charge >= 0.3 is 5.97 Å².